The number of nitrogens with one attached hydrogen (secondary N) is 1. The molecule has 0 aliphatic heterocycles. The minimum atomic E-state index is 0.0709. The lowest BCUT2D eigenvalue weighted by molar-refractivity contribution is 0.829. The van der Waals surface area contributed by atoms with Gasteiger partial charge >= 0.3 is 0 Å². The molecule has 1 unspecified atom stereocenters. The lowest BCUT2D eigenvalue weighted by Gasteiger charge is -2.14. The van der Waals surface area contributed by atoms with E-state index in [2.05, 4.69) is 20.3 Å². The van der Waals surface area contributed by atoms with Crippen molar-refractivity contribution in [3.8, 4) is 0 Å². The fraction of sp³-hybridized carbons (Fsp3) is 0.250. The third kappa shape index (κ3) is 3.14. The van der Waals surface area contributed by atoms with Crippen LogP contribution in [0.1, 0.15) is 24.4 Å². The van der Waals surface area contributed by atoms with Crippen molar-refractivity contribution in [3.05, 3.63) is 47.1 Å². The van der Waals surface area contributed by atoms with Crippen LogP contribution < -0.4 is 5.32 Å². The van der Waals surface area contributed by atoms with Crippen LogP contribution >= 0.6 is 11.6 Å². The second-order valence-electron chi connectivity index (χ2n) is 3.78. The van der Waals surface area contributed by atoms with Crippen molar-refractivity contribution in [2.45, 2.75) is 19.9 Å². The van der Waals surface area contributed by atoms with Crippen LogP contribution in [0.15, 0.2) is 30.5 Å². The van der Waals surface area contributed by atoms with E-state index in [1.165, 1.54) is 0 Å². The molecule has 0 bridgehead atoms. The molecule has 4 nitrogen and oxygen atoms in total. The molecule has 0 amide bonds. The Balaban J connectivity index is 2.16. The first-order valence-corrected chi connectivity index (χ1v) is 5.71. The average molecular weight is 249 g/mol. The predicted molar refractivity (Wildman–Crippen MR) is 68.1 cm³/mol. The summed E-state index contributed by atoms with van der Waals surface area (Å²) in [6.07, 6.45) is 1.77. The van der Waals surface area contributed by atoms with Gasteiger partial charge in [-0.15, -0.1) is 0 Å². The zero-order valence-corrected chi connectivity index (χ0v) is 10.4. The first-order valence-electron chi connectivity index (χ1n) is 5.34. The largest absolute Gasteiger partial charge is 0.362 e. The van der Waals surface area contributed by atoms with Crippen LogP contribution in [0, 0.1) is 6.92 Å². The summed E-state index contributed by atoms with van der Waals surface area (Å²) in [7, 11) is 0. The van der Waals surface area contributed by atoms with Crippen molar-refractivity contribution in [3.63, 3.8) is 0 Å². The number of nitrogens with zero attached hydrogens (tertiary/aromatic N) is 3. The number of rotatable bonds is 3. The van der Waals surface area contributed by atoms with Crippen molar-refractivity contribution in [1.82, 2.24) is 15.0 Å². The first kappa shape index (κ1) is 11.8. The Kier molecular flexibility index (Phi) is 3.54. The van der Waals surface area contributed by atoms with Gasteiger partial charge < -0.3 is 5.32 Å². The van der Waals surface area contributed by atoms with E-state index in [0.29, 0.717) is 5.82 Å². The maximum Gasteiger partial charge on any atom is 0.224 e. The predicted octanol–water partition coefficient (Wildman–Crippen LogP) is 3.01. The van der Waals surface area contributed by atoms with Crippen LogP contribution in [0.4, 0.5) is 5.82 Å². The highest BCUT2D eigenvalue weighted by Crippen LogP contribution is 2.17. The van der Waals surface area contributed by atoms with E-state index in [9.17, 15) is 0 Å². The lowest BCUT2D eigenvalue weighted by Crippen LogP contribution is -2.10. The summed E-state index contributed by atoms with van der Waals surface area (Å²) in [5, 5.41) is 3.49. The minimum absolute atomic E-state index is 0.0709. The van der Waals surface area contributed by atoms with Crippen molar-refractivity contribution < 1.29 is 0 Å². The molecule has 0 saturated heterocycles. The van der Waals surface area contributed by atoms with Crippen molar-refractivity contribution in [2.75, 3.05) is 5.32 Å². The second-order valence-corrected chi connectivity index (χ2v) is 4.12. The molecule has 0 aliphatic rings. The molecule has 17 heavy (non-hydrogen) atoms. The number of halogens is 1. The molecule has 88 valence electrons. The van der Waals surface area contributed by atoms with Crippen LogP contribution in [0.5, 0.6) is 0 Å². The number of pyridine rings is 1. The average Bonchev–Trinajstić information content (AvgIpc) is 2.28. The van der Waals surface area contributed by atoms with E-state index in [1.54, 1.807) is 6.20 Å². The maximum absolute atomic E-state index is 5.80. The van der Waals surface area contributed by atoms with Gasteiger partial charge in [-0.3, -0.25) is 4.98 Å². The van der Waals surface area contributed by atoms with Gasteiger partial charge in [-0.25, -0.2) is 9.97 Å². The van der Waals surface area contributed by atoms with Gasteiger partial charge in [-0.05, 0) is 37.6 Å². The molecule has 1 N–H and O–H groups in total. The Morgan fingerprint density at radius 1 is 1.29 bits per heavy atom. The third-order valence-electron chi connectivity index (χ3n) is 2.32. The van der Waals surface area contributed by atoms with Gasteiger partial charge in [0, 0.05) is 18.0 Å². The monoisotopic (exact) mass is 248 g/mol. The Bertz CT molecular complexity index is 481. The quantitative estimate of drug-likeness (QED) is 0.849. The molecule has 0 spiro atoms. The third-order valence-corrected chi connectivity index (χ3v) is 2.49. The molecular formula is C12H13ClN4. The van der Waals surface area contributed by atoms with Gasteiger partial charge in [0.2, 0.25) is 5.28 Å². The summed E-state index contributed by atoms with van der Waals surface area (Å²) in [4.78, 5) is 12.4. The van der Waals surface area contributed by atoms with Crippen LogP contribution in [-0.2, 0) is 0 Å². The molecule has 0 fully saturated rings. The van der Waals surface area contributed by atoms with Crippen LogP contribution in [0.25, 0.3) is 0 Å². The van der Waals surface area contributed by atoms with Crippen molar-refractivity contribution >= 4 is 17.4 Å². The SMILES string of the molecule is Cc1cc(NC(C)c2ccccn2)nc(Cl)n1. The van der Waals surface area contributed by atoms with Crippen molar-refractivity contribution in [1.29, 1.82) is 0 Å². The zero-order valence-electron chi connectivity index (χ0n) is 9.68. The van der Waals surface area contributed by atoms with E-state index in [-0.39, 0.29) is 11.3 Å². The molecule has 0 radical (unpaired) electrons. The number of hydrogen-bond acceptors (Lipinski definition) is 4. The van der Waals surface area contributed by atoms with Gasteiger partial charge in [0.05, 0.1) is 11.7 Å². The number of anilines is 1. The van der Waals surface area contributed by atoms with Crippen LogP contribution in [0.2, 0.25) is 5.28 Å². The van der Waals surface area contributed by atoms with Gasteiger partial charge in [-0.1, -0.05) is 6.07 Å². The molecule has 2 heterocycles. The topological polar surface area (TPSA) is 50.7 Å². The Hall–Kier alpha value is -1.68. The van der Waals surface area contributed by atoms with E-state index in [1.807, 2.05) is 38.1 Å². The molecule has 5 heteroatoms. The first-order chi connectivity index (χ1) is 8.15. The standard InChI is InChI=1S/C12H13ClN4/c1-8-7-11(17-12(13)15-8)16-9(2)10-5-3-4-6-14-10/h3-7,9H,1-2H3,(H,15,16,17). The fourth-order valence-electron chi connectivity index (χ4n) is 1.53. The lowest BCUT2D eigenvalue weighted by atomic mass is 10.2. The van der Waals surface area contributed by atoms with Crippen LogP contribution in [0.3, 0.4) is 0 Å². The smallest absolute Gasteiger partial charge is 0.224 e. The molecule has 2 aromatic rings. The molecule has 0 aromatic carbocycles. The molecule has 0 saturated carbocycles. The highest BCUT2D eigenvalue weighted by molar-refractivity contribution is 6.28. The summed E-state index contributed by atoms with van der Waals surface area (Å²) < 4.78 is 0. The highest BCUT2D eigenvalue weighted by Gasteiger charge is 2.07. The Morgan fingerprint density at radius 2 is 2.12 bits per heavy atom. The van der Waals surface area contributed by atoms with Crippen LogP contribution in [-0.4, -0.2) is 15.0 Å². The van der Waals surface area contributed by atoms with E-state index in [4.69, 9.17) is 11.6 Å². The molecule has 0 aliphatic carbocycles. The van der Waals surface area contributed by atoms with E-state index in [0.717, 1.165) is 11.4 Å². The summed E-state index contributed by atoms with van der Waals surface area (Å²) >= 11 is 5.80. The van der Waals surface area contributed by atoms with E-state index >= 15 is 0 Å². The van der Waals surface area contributed by atoms with E-state index < -0.39 is 0 Å². The Labute approximate surface area is 105 Å². The second kappa shape index (κ2) is 5.10. The summed E-state index contributed by atoms with van der Waals surface area (Å²) in [5.74, 6) is 0.709. The Morgan fingerprint density at radius 3 is 2.76 bits per heavy atom. The number of hydrogen-bond donors (Lipinski definition) is 1. The fourth-order valence-corrected chi connectivity index (χ4v) is 1.76. The molecular weight excluding hydrogens is 236 g/mol. The summed E-state index contributed by atoms with van der Waals surface area (Å²) in [6, 6.07) is 7.74. The van der Waals surface area contributed by atoms with Gasteiger partial charge in [0.1, 0.15) is 5.82 Å². The molecule has 1 atom stereocenters. The maximum atomic E-state index is 5.80. The minimum Gasteiger partial charge on any atom is -0.362 e. The summed E-state index contributed by atoms with van der Waals surface area (Å²) in [5.41, 5.74) is 1.79. The van der Waals surface area contributed by atoms with Gasteiger partial charge in [-0.2, -0.15) is 0 Å². The normalized spacial score (nSPS) is 12.2. The summed E-state index contributed by atoms with van der Waals surface area (Å²) in [6.45, 7) is 3.90. The molecule has 2 rings (SSSR count). The van der Waals surface area contributed by atoms with Gasteiger partial charge in [0.25, 0.3) is 0 Å². The number of aryl methyl sites for hydroxylation is 1. The van der Waals surface area contributed by atoms with Crippen molar-refractivity contribution in [2.24, 2.45) is 0 Å². The van der Waals surface area contributed by atoms with Gasteiger partial charge in [0.15, 0.2) is 0 Å². The highest BCUT2D eigenvalue weighted by atomic mass is 35.5. The molecule has 2 aromatic heterocycles. The zero-order chi connectivity index (χ0) is 12.3. The number of aromatic nitrogens is 3.